The first kappa shape index (κ1) is 16.4. The number of benzene rings is 2. The van der Waals surface area contributed by atoms with Crippen molar-refractivity contribution in [1.82, 2.24) is 9.55 Å². The molecule has 0 bridgehead atoms. The van der Waals surface area contributed by atoms with Crippen LogP contribution in [0.25, 0.3) is 5.69 Å². The maximum absolute atomic E-state index is 14.1. The number of amides is 1. The molecule has 1 N–H and O–H groups in total. The van der Waals surface area contributed by atoms with Crippen LogP contribution in [0.2, 0.25) is 0 Å². The molecular weight excluding hydrogens is 325 g/mol. The van der Waals surface area contributed by atoms with Gasteiger partial charge in [-0.2, -0.15) is 0 Å². The number of carbonyl (C=O) groups is 2. The molecule has 7 heteroatoms. The van der Waals surface area contributed by atoms with Crippen molar-refractivity contribution in [2.45, 2.75) is 0 Å². The Hall–Kier alpha value is -3.48. The van der Waals surface area contributed by atoms with E-state index in [1.807, 2.05) is 6.07 Å². The Balaban J connectivity index is 1.81. The van der Waals surface area contributed by atoms with Crippen molar-refractivity contribution in [2.75, 3.05) is 12.4 Å². The lowest BCUT2D eigenvalue weighted by Crippen LogP contribution is -2.15. The number of nitrogens with one attached hydrogen (secondary N) is 1. The topological polar surface area (TPSA) is 73.2 Å². The molecule has 0 fully saturated rings. The second-order valence-corrected chi connectivity index (χ2v) is 5.16. The largest absolute Gasteiger partial charge is 0.465 e. The molecule has 0 saturated carbocycles. The summed E-state index contributed by atoms with van der Waals surface area (Å²) in [5, 5.41) is 2.64. The monoisotopic (exact) mass is 339 g/mol. The van der Waals surface area contributed by atoms with Crippen molar-refractivity contribution in [3.8, 4) is 5.69 Å². The minimum absolute atomic E-state index is 0.0404. The molecule has 0 saturated heterocycles. The van der Waals surface area contributed by atoms with Gasteiger partial charge < -0.3 is 14.6 Å². The molecule has 0 aliphatic rings. The molecule has 6 nitrogen and oxygen atoms in total. The second-order valence-electron chi connectivity index (χ2n) is 5.16. The molecule has 1 aromatic heterocycles. The van der Waals surface area contributed by atoms with Crippen LogP contribution >= 0.6 is 0 Å². The maximum Gasteiger partial charge on any atom is 0.337 e. The number of esters is 1. The number of rotatable bonds is 4. The summed E-state index contributed by atoms with van der Waals surface area (Å²) in [6.45, 7) is 0. The number of aromatic nitrogens is 2. The zero-order valence-corrected chi connectivity index (χ0v) is 13.3. The average molecular weight is 339 g/mol. The van der Waals surface area contributed by atoms with E-state index >= 15 is 0 Å². The number of methoxy groups -OCH3 is 1. The number of nitrogens with zero attached hydrogens (tertiary/aromatic N) is 2. The lowest BCUT2D eigenvalue weighted by Gasteiger charge is -2.09. The quantitative estimate of drug-likeness (QED) is 0.742. The van der Waals surface area contributed by atoms with Crippen LogP contribution in [0, 0.1) is 5.82 Å². The predicted octanol–water partition coefficient (Wildman–Crippen LogP) is 3.05. The number of ether oxygens (including phenoxy) is 1. The fourth-order valence-corrected chi connectivity index (χ4v) is 2.30. The Labute approximate surface area is 142 Å². The first-order valence-electron chi connectivity index (χ1n) is 7.36. The Kier molecular flexibility index (Phi) is 4.56. The SMILES string of the molecule is COC(=O)c1ccc(C(=O)Nc2cccc(-n3ccnc3)c2)c(F)c1. The van der Waals surface area contributed by atoms with Crippen molar-refractivity contribution in [1.29, 1.82) is 0 Å². The van der Waals surface area contributed by atoms with Gasteiger partial charge in [-0.25, -0.2) is 14.2 Å². The van der Waals surface area contributed by atoms with Crippen molar-refractivity contribution in [3.05, 3.63) is 78.1 Å². The van der Waals surface area contributed by atoms with Gasteiger partial charge in [0.25, 0.3) is 5.91 Å². The van der Waals surface area contributed by atoms with Crippen LogP contribution in [0.15, 0.2) is 61.2 Å². The normalized spacial score (nSPS) is 10.3. The van der Waals surface area contributed by atoms with Crippen molar-refractivity contribution < 1.29 is 18.7 Å². The van der Waals surface area contributed by atoms with E-state index in [9.17, 15) is 14.0 Å². The first-order valence-corrected chi connectivity index (χ1v) is 7.36. The molecule has 1 amide bonds. The van der Waals surface area contributed by atoms with E-state index in [4.69, 9.17) is 0 Å². The van der Waals surface area contributed by atoms with Crippen LogP contribution in [0.4, 0.5) is 10.1 Å². The van der Waals surface area contributed by atoms with Gasteiger partial charge in [0, 0.05) is 23.8 Å². The molecule has 0 aliphatic heterocycles. The molecule has 3 rings (SSSR count). The fraction of sp³-hybridized carbons (Fsp3) is 0.0556. The van der Waals surface area contributed by atoms with Crippen molar-refractivity contribution >= 4 is 17.6 Å². The molecular formula is C18H14FN3O3. The van der Waals surface area contributed by atoms with E-state index in [0.29, 0.717) is 5.69 Å². The second kappa shape index (κ2) is 6.96. The Bertz CT molecular complexity index is 923. The lowest BCUT2D eigenvalue weighted by molar-refractivity contribution is 0.0599. The lowest BCUT2D eigenvalue weighted by atomic mass is 10.1. The Morgan fingerprint density at radius 3 is 2.72 bits per heavy atom. The van der Waals surface area contributed by atoms with E-state index in [-0.39, 0.29) is 11.1 Å². The van der Waals surface area contributed by atoms with Gasteiger partial charge in [-0.1, -0.05) is 6.07 Å². The van der Waals surface area contributed by atoms with Crippen LogP contribution in [-0.2, 0) is 4.74 Å². The first-order chi connectivity index (χ1) is 12.1. The number of imidazole rings is 1. The third-order valence-electron chi connectivity index (χ3n) is 3.54. The molecule has 2 aromatic carbocycles. The van der Waals surface area contributed by atoms with E-state index in [1.54, 1.807) is 41.5 Å². The van der Waals surface area contributed by atoms with Crippen LogP contribution in [0.5, 0.6) is 0 Å². The predicted molar refractivity (Wildman–Crippen MR) is 89.3 cm³/mol. The summed E-state index contributed by atoms with van der Waals surface area (Å²) in [6.07, 6.45) is 5.04. The summed E-state index contributed by atoms with van der Waals surface area (Å²) in [4.78, 5) is 27.7. The summed E-state index contributed by atoms with van der Waals surface area (Å²) in [5.41, 5.74) is 1.18. The Morgan fingerprint density at radius 1 is 1.20 bits per heavy atom. The van der Waals surface area contributed by atoms with E-state index in [2.05, 4.69) is 15.0 Å². The van der Waals surface area contributed by atoms with Gasteiger partial charge in [-0.3, -0.25) is 4.79 Å². The minimum Gasteiger partial charge on any atom is -0.465 e. The minimum atomic E-state index is -0.800. The smallest absolute Gasteiger partial charge is 0.337 e. The summed E-state index contributed by atoms with van der Waals surface area (Å²) >= 11 is 0. The maximum atomic E-state index is 14.1. The average Bonchev–Trinajstić information content (AvgIpc) is 3.15. The number of hydrogen-bond donors (Lipinski definition) is 1. The van der Waals surface area contributed by atoms with Crippen LogP contribution in [-0.4, -0.2) is 28.5 Å². The van der Waals surface area contributed by atoms with E-state index < -0.39 is 17.7 Å². The van der Waals surface area contributed by atoms with Crippen LogP contribution in [0.3, 0.4) is 0 Å². The van der Waals surface area contributed by atoms with E-state index in [1.165, 1.54) is 19.2 Å². The van der Waals surface area contributed by atoms with Gasteiger partial charge in [0.1, 0.15) is 5.82 Å². The highest BCUT2D eigenvalue weighted by Crippen LogP contribution is 2.17. The summed E-state index contributed by atoms with van der Waals surface area (Å²) in [6, 6.07) is 10.6. The highest BCUT2D eigenvalue weighted by molar-refractivity contribution is 6.05. The molecule has 0 unspecified atom stereocenters. The third kappa shape index (κ3) is 3.55. The van der Waals surface area contributed by atoms with Gasteiger partial charge in [0.15, 0.2) is 0 Å². The van der Waals surface area contributed by atoms with Gasteiger partial charge in [0.2, 0.25) is 0 Å². The Morgan fingerprint density at radius 2 is 2.04 bits per heavy atom. The highest BCUT2D eigenvalue weighted by Gasteiger charge is 2.15. The zero-order valence-electron chi connectivity index (χ0n) is 13.3. The standard InChI is InChI=1S/C18H14FN3O3/c1-25-18(24)12-5-6-15(16(19)9-12)17(23)21-13-3-2-4-14(10-13)22-8-7-20-11-22/h2-11H,1H3,(H,21,23). The van der Waals surface area contributed by atoms with Gasteiger partial charge in [-0.05, 0) is 36.4 Å². The van der Waals surface area contributed by atoms with Gasteiger partial charge in [0.05, 0.1) is 24.6 Å². The summed E-state index contributed by atoms with van der Waals surface area (Å²) in [7, 11) is 1.20. The van der Waals surface area contributed by atoms with Gasteiger partial charge >= 0.3 is 5.97 Å². The molecule has 1 heterocycles. The summed E-state index contributed by atoms with van der Waals surface area (Å²) in [5.74, 6) is -2.08. The van der Waals surface area contributed by atoms with Crippen LogP contribution in [0.1, 0.15) is 20.7 Å². The van der Waals surface area contributed by atoms with Gasteiger partial charge in [-0.15, -0.1) is 0 Å². The molecule has 0 radical (unpaired) electrons. The van der Waals surface area contributed by atoms with Crippen molar-refractivity contribution in [2.24, 2.45) is 0 Å². The molecule has 3 aromatic rings. The van der Waals surface area contributed by atoms with E-state index in [0.717, 1.165) is 11.8 Å². The zero-order chi connectivity index (χ0) is 17.8. The molecule has 0 aliphatic carbocycles. The number of hydrogen-bond acceptors (Lipinski definition) is 4. The highest BCUT2D eigenvalue weighted by atomic mass is 19.1. The third-order valence-corrected chi connectivity index (χ3v) is 3.54. The fourth-order valence-electron chi connectivity index (χ4n) is 2.30. The number of halogens is 1. The number of carbonyl (C=O) groups excluding carboxylic acids is 2. The molecule has 126 valence electrons. The van der Waals surface area contributed by atoms with Crippen LogP contribution < -0.4 is 5.32 Å². The summed E-state index contributed by atoms with van der Waals surface area (Å²) < 4.78 is 20.4. The molecule has 25 heavy (non-hydrogen) atoms. The molecule has 0 spiro atoms. The number of anilines is 1. The van der Waals surface area contributed by atoms with Crippen molar-refractivity contribution in [3.63, 3.8) is 0 Å². The molecule has 0 atom stereocenters.